The second-order valence-corrected chi connectivity index (χ2v) is 7.86. The van der Waals surface area contributed by atoms with E-state index in [1.165, 1.54) is 14.7 Å². The maximum atomic E-state index is 13.1. The number of hydrogen-bond acceptors (Lipinski definition) is 5. The van der Waals surface area contributed by atoms with Crippen molar-refractivity contribution in [2.75, 3.05) is 24.6 Å². The van der Waals surface area contributed by atoms with Crippen molar-refractivity contribution < 1.29 is 5.11 Å². The molecule has 0 radical (unpaired) electrons. The van der Waals surface area contributed by atoms with Gasteiger partial charge in [0.05, 0.1) is 0 Å². The summed E-state index contributed by atoms with van der Waals surface area (Å²) in [6.45, 7) is 4.65. The molecule has 1 aromatic carbocycles. The minimum Gasteiger partial charge on any atom is -0.396 e. The van der Waals surface area contributed by atoms with Crippen LogP contribution in [0.4, 0.5) is 5.95 Å². The minimum absolute atomic E-state index is 0.0670. The number of aryl methyl sites for hydroxylation is 1. The van der Waals surface area contributed by atoms with E-state index in [-0.39, 0.29) is 18.7 Å². The maximum Gasteiger partial charge on any atom is 0.332 e. The zero-order valence-corrected chi connectivity index (χ0v) is 16.9. The normalized spacial score (nSPS) is 16.4. The lowest BCUT2D eigenvalue weighted by Crippen LogP contribution is -2.41. The molecule has 1 atom stereocenters. The third-order valence-corrected chi connectivity index (χ3v) is 5.57. The van der Waals surface area contributed by atoms with Crippen LogP contribution in [0.2, 0.25) is 0 Å². The molecule has 0 aliphatic carbocycles. The van der Waals surface area contributed by atoms with E-state index in [2.05, 4.69) is 24.0 Å². The molecule has 8 nitrogen and oxygen atoms in total. The Morgan fingerprint density at radius 2 is 1.90 bits per heavy atom. The molecule has 29 heavy (non-hydrogen) atoms. The summed E-state index contributed by atoms with van der Waals surface area (Å²) in [7, 11) is 1.65. The highest BCUT2D eigenvalue weighted by Crippen LogP contribution is 2.26. The first kappa shape index (κ1) is 19.4. The predicted molar refractivity (Wildman–Crippen MR) is 112 cm³/mol. The van der Waals surface area contributed by atoms with Crippen LogP contribution >= 0.6 is 0 Å². The van der Waals surface area contributed by atoms with Crippen LogP contribution in [0.25, 0.3) is 11.2 Å². The number of imidazole rings is 1. The summed E-state index contributed by atoms with van der Waals surface area (Å²) in [5.41, 5.74) is 1.43. The quantitative estimate of drug-likeness (QED) is 0.670. The number of aromatic nitrogens is 4. The van der Waals surface area contributed by atoms with Crippen LogP contribution < -0.4 is 16.1 Å². The first-order valence-electron chi connectivity index (χ1n) is 10.1. The number of anilines is 1. The highest BCUT2D eigenvalue weighted by atomic mass is 16.3. The zero-order valence-electron chi connectivity index (χ0n) is 16.9. The lowest BCUT2D eigenvalue weighted by atomic mass is 10.1. The molecule has 0 saturated heterocycles. The van der Waals surface area contributed by atoms with Crippen molar-refractivity contribution in [2.24, 2.45) is 13.0 Å². The number of nitrogens with zero attached hydrogens (tertiary/aromatic N) is 5. The van der Waals surface area contributed by atoms with E-state index >= 15 is 0 Å². The van der Waals surface area contributed by atoms with Gasteiger partial charge in [-0.25, -0.2) is 4.79 Å². The fourth-order valence-electron chi connectivity index (χ4n) is 4.13. The van der Waals surface area contributed by atoms with Gasteiger partial charge in [0.2, 0.25) is 5.95 Å². The minimum atomic E-state index is -0.393. The highest BCUT2D eigenvalue weighted by molar-refractivity contribution is 5.75. The standard InChI is InChI=1S/C21H27N5O3/c1-15-13-24(11-9-16-7-4-3-5-8-16)20-22-18-17(26(20)14-15)19(28)25(10-6-12-27)21(29)23(18)2/h3-5,7-8,15,27H,6,9-14H2,1-2H3. The molecule has 0 bridgehead atoms. The van der Waals surface area contributed by atoms with Gasteiger partial charge in [-0.3, -0.25) is 13.9 Å². The Morgan fingerprint density at radius 1 is 1.14 bits per heavy atom. The van der Waals surface area contributed by atoms with E-state index in [9.17, 15) is 9.59 Å². The van der Waals surface area contributed by atoms with Gasteiger partial charge >= 0.3 is 5.69 Å². The Bertz CT molecular complexity index is 1130. The molecule has 1 N–H and O–H groups in total. The Hall–Kier alpha value is -2.87. The van der Waals surface area contributed by atoms with Gasteiger partial charge in [-0.2, -0.15) is 4.98 Å². The molecular weight excluding hydrogens is 370 g/mol. The van der Waals surface area contributed by atoms with Gasteiger partial charge in [0.1, 0.15) is 0 Å². The lowest BCUT2D eigenvalue weighted by molar-refractivity contribution is 0.277. The fraction of sp³-hybridized carbons (Fsp3) is 0.476. The molecule has 0 amide bonds. The second-order valence-electron chi connectivity index (χ2n) is 7.86. The number of benzene rings is 1. The first-order valence-corrected chi connectivity index (χ1v) is 10.1. The van der Waals surface area contributed by atoms with Crippen LogP contribution in [0.5, 0.6) is 0 Å². The van der Waals surface area contributed by atoms with Crippen molar-refractivity contribution in [1.82, 2.24) is 18.7 Å². The van der Waals surface area contributed by atoms with Gasteiger partial charge in [0, 0.05) is 39.8 Å². The molecule has 4 rings (SSSR count). The van der Waals surface area contributed by atoms with E-state index in [0.717, 1.165) is 25.5 Å². The maximum absolute atomic E-state index is 13.1. The zero-order chi connectivity index (χ0) is 20.5. The van der Waals surface area contributed by atoms with Crippen LogP contribution in [0.15, 0.2) is 39.9 Å². The van der Waals surface area contributed by atoms with E-state index in [1.807, 2.05) is 22.8 Å². The summed E-state index contributed by atoms with van der Waals surface area (Å²) in [6.07, 6.45) is 1.25. The molecule has 1 unspecified atom stereocenters. The van der Waals surface area contributed by atoms with Crippen molar-refractivity contribution in [2.45, 2.75) is 32.9 Å². The van der Waals surface area contributed by atoms with Gasteiger partial charge in [-0.15, -0.1) is 0 Å². The molecule has 0 saturated carbocycles. The summed E-state index contributed by atoms with van der Waals surface area (Å²) in [4.78, 5) is 32.7. The molecule has 1 aliphatic rings. The molecule has 2 aromatic heterocycles. The van der Waals surface area contributed by atoms with Crippen LogP contribution in [0.3, 0.4) is 0 Å². The molecule has 3 aromatic rings. The van der Waals surface area contributed by atoms with Crippen molar-refractivity contribution >= 4 is 17.1 Å². The Labute approximate surface area is 168 Å². The Kier molecular flexibility index (Phi) is 5.27. The summed E-state index contributed by atoms with van der Waals surface area (Å²) in [5, 5.41) is 9.12. The number of aliphatic hydroxyl groups excluding tert-OH is 1. The lowest BCUT2D eigenvalue weighted by Gasteiger charge is -2.33. The number of hydrogen-bond donors (Lipinski definition) is 1. The topological polar surface area (TPSA) is 85.3 Å². The largest absolute Gasteiger partial charge is 0.396 e. The van der Waals surface area contributed by atoms with Crippen LogP contribution in [-0.4, -0.2) is 43.5 Å². The molecule has 0 fully saturated rings. The molecule has 0 spiro atoms. The average molecular weight is 397 g/mol. The van der Waals surface area contributed by atoms with Gasteiger partial charge in [-0.1, -0.05) is 37.3 Å². The Balaban J connectivity index is 1.78. The molecule has 3 heterocycles. The fourth-order valence-corrected chi connectivity index (χ4v) is 4.13. The van der Waals surface area contributed by atoms with Crippen LogP contribution in [0.1, 0.15) is 18.9 Å². The van der Waals surface area contributed by atoms with E-state index in [0.29, 0.717) is 30.0 Å². The van der Waals surface area contributed by atoms with Crippen LogP contribution in [0, 0.1) is 5.92 Å². The van der Waals surface area contributed by atoms with Gasteiger partial charge in [0.15, 0.2) is 11.2 Å². The van der Waals surface area contributed by atoms with Gasteiger partial charge in [-0.05, 0) is 24.3 Å². The predicted octanol–water partition coefficient (Wildman–Crippen LogP) is 0.978. The number of aliphatic hydroxyl groups is 1. The summed E-state index contributed by atoms with van der Waals surface area (Å²) >= 11 is 0. The third kappa shape index (κ3) is 3.48. The second kappa shape index (κ2) is 7.87. The average Bonchev–Trinajstić information content (AvgIpc) is 3.11. The van der Waals surface area contributed by atoms with Gasteiger partial charge < -0.3 is 14.6 Å². The van der Waals surface area contributed by atoms with Crippen LogP contribution in [-0.2, 0) is 26.6 Å². The summed E-state index contributed by atoms with van der Waals surface area (Å²) in [5.74, 6) is 1.11. The first-order chi connectivity index (χ1) is 14.0. The smallest absolute Gasteiger partial charge is 0.332 e. The molecule has 8 heteroatoms. The summed E-state index contributed by atoms with van der Waals surface area (Å²) < 4.78 is 4.62. The van der Waals surface area contributed by atoms with Crippen molar-refractivity contribution in [3.63, 3.8) is 0 Å². The molecular formula is C21H27N5O3. The summed E-state index contributed by atoms with van der Waals surface area (Å²) in [6, 6.07) is 10.3. The SMILES string of the molecule is CC1CN(CCc2ccccc2)c2nc3c(c(=O)n(CCCO)c(=O)n3C)n2C1. The molecule has 1 aliphatic heterocycles. The van der Waals surface area contributed by atoms with Gasteiger partial charge in [0.25, 0.3) is 5.56 Å². The van der Waals surface area contributed by atoms with E-state index in [1.54, 1.807) is 7.05 Å². The Morgan fingerprint density at radius 3 is 2.62 bits per heavy atom. The van der Waals surface area contributed by atoms with Crippen molar-refractivity contribution in [1.29, 1.82) is 0 Å². The van der Waals surface area contributed by atoms with E-state index < -0.39 is 5.69 Å². The third-order valence-electron chi connectivity index (χ3n) is 5.57. The highest BCUT2D eigenvalue weighted by Gasteiger charge is 2.28. The molecule has 154 valence electrons. The van der Waals surface area contributed by atoms with E-state index in [4.69, 9.17) is 10.1 Å². The number of fused-ring (bicyclic) bond motifs is 3. The van der Waals surface area contributed by atoms with Crippen molar-refractivity contribution in [3.8, 4) is 0 Å². The monoisotopic (exact) mass is 397 g/mol. The number of rotatable bonds is 6. The van der Waals surface area contributed by atoms with Crippen molar-refractivity contribution in [3.05, 3.63) is 56.7 Å².